The van der Waals surface area contributed by atoms with Gasteiger partial charge < -0.3 is 9.84 Å². The van der Waals surface area contributed by atoms with Gasteiger partial charge in [-0.25, -0.2) is 5.43 Å². The lowest BCUT2D eigenvalue weighted by Crippen LogP contribution is -2.24. The number of carbonyl (C=O) groups is 1. The van der Waals surface area contributed by atoms with E-state index in [0.29, 0.717) is 21.9 Å². The Balaban J connectivity index is 1.93. The van der Waals surface area contributed by atoms with Gasteiger partial charge in [0.05, 0.1) is 6.21 Å². The van der Waals surface area contributed by atoms with Crippen molar-refractivity contribution in [2.45, 2.75) is 20.8 Å². The number of carbonyl (C=O) groups excluding carboxylic acids is 1. The van der Waals surface area contributed by atoms with Gasteiger partial charge in [0.2, 0.25) is 0 Å². The Morgan fingerprint density at radius 1 is 1.24 bits per heavy atom. The monoisotopic (exact) mass is 424 g/mol. The Bertz CT molecular complexity index is 814. The standard InChI is InChI=1S/C18H18BrClN2O3/c1-10-5-15(6-11(2)17(10)20)25-9-16(23)22-21-8-13-7-14(19)4-12(3)18(13)24/h4-8,24H,9H2,1-3H3,(H,22,23). The van der Waals surface area contributed by atoms with Gasteiger partial charge in [0.1, 0.15) is 11.5 Å². The van der Waals surface area contributed by atoms with Gasteiger partial charge in [-0.05, 0) is 61.7 Å². The van der Waals surface area contributed by atoms with E-state index in [2.05, 4.69) is 26.5 Å². The van der Waals surface area contributed by atoms with Crippen LogP contribution in [-0.4, -0.2) is 23.8 Å². The number of nitrogens with one attached hydrogen (secondary N) is 1. The van der Waals surface area contributed by atoms with Crippen molar-refractivity contribution in [3.63, 3.8) is 0 Å². The minimum Gasteiger partial charge on any atom is -0.507 e. The van der Waals surface area contributed by atoms with E-state index in [1.807, 2.05) is 13.8 Å². The number of benzene rings is 2. The van der Waals surface area contributed by atoms with Crippen molar-refractivity contribution < 1.29 is 14.6 Å². The molecule has 2 N–H and O–H groups in total. The second-order valence-electron chi connectivity index (χ2n) is 5.61. The summed E-state index contributed by atoms with van der Waals surface area (Å²) in [4.78, 5) is 11.8. The molecule has 0 aliphatic carbocycles. The van der Waals surface area contributed by atoms with Crippen molar-refractivity contribution in [2.75, 3.05) is 6.61 Å². The molecule has 0 aliphatic rings. The number of hydrazone groups is 1. The van der Waals surface area contributed by atoms with Crippen molar-refractivity contribution in [3.8, 4) is 11.5 Å². The molecule has 0 radical (unpaired) electrons. The Hall–Kier alpha value is -2.05. The highest BCUT2D eigenvalue weighted by Crippen LogP contribution is 2.26. The largest absolute Gasteiger partial charge is 0.507 e. The van der Waals surface area contributed by atoms with Crippen molar-refractivity contribution >= 4 is 39.7 Å². The molecule has 0 spiro atoms. The molecule has 0 atom stereocenters. The van der Waals surface area contributed by atoms with Crippen LogP contribution < -0.4 is 10.2 Å². The van der Waals surface area contributed by atoms with Crippen molar-refractivity contribution in [2.24, 2.45) is 5.10 Å². The van der Waals surface area contributed by atoms with E-state index in [1.54, 1.807) is 31.2 Å². The zero-order valence-electron chi connectivity index (χ0n) is 14.1. The van der Waals surface area contributed by atoms with Crippen molar-refractivity contribution in [3.05, 3.63) is 56.0 Å². The third kappa shape index (κ3) is 5.21. The van der Waals surface area contributed by atoms with Gasteiger partial charge in [0, 0.05) is 15.1 Å². The van der Waals surface area contributed by atoms with Crippen molar-refractivity contribution in [1.29, 1.82) is 0 Å². The van der Waals surface area contributed by atoms with Crippen LogP contribution in [0.1, 0.15) is 22.3 Å². The van der Waals surface area contributed by atoms with Crippen LogP contribution in [0, 0.1) is 20.8 Å². The molecular formula is C18H18BrClN2O3. The van der Waals surface area contributed by atoms with Gasteiger partial charge in [0.25, 0.3) is 5.91 Å². The van der Waals surface area contributed by atoms with Crippen LogP contribution in [0.15, 0.2) is 33.8 Å². The van der Waals surface area contributed by atoms with Gasteiger partial charge in [-0.15, -0.1) is 0 Å². The third-order valence-electron chi connectivity index (χ3n) is 3.47. The molecule has 0 heterocycles. The summed E-state index contributed by atoms with van der Waals surface area (Å²) in [6.07, 6.45) is 1.38. The summed E-state index contributed by atoms with van der Waals surface area (Å²) in [5.41, 5.74) is 5.34. The number of hydrogen-bond acceptors (Lipinski definition) is 4. The number of nitrogens with zero attached hydrogens (tertiary/aromatic N) is 1. The van der Waals surface area contributed by atoms with E-state index < -0.39 is 5.91 Å². The first-order valence-electron chi connectivity index (χ1n) is 7.48. The molecule has 7 heteroatoms. The van der Waals surface area contributed by atoms with Gasteiger partial charge in [0.15, 0.2) is 6.61 Å². The first-order chi connectivity index (χ1) is 11.8. The average molecular weight is 426 g/mol. The van der Waals surface area contributed by atoms with E-state index in [0.717, 1.165) is 15.6 Å². The summed E-state index contributed by atoms with van der Waals surface area (Å²) in [5, 5.41) is 14.5. The fraction of sp³-hybridized carbons (Fsp3) is 0.222. The van der Waals surface area contributed by atoms with Gasteiger partial charge >= 0.3 is 0 Å². The number of aromatic hydroxyl groups is 1. The summed E-state index contributed by atoms with van der Waals surface area (Å²) in [6, 6.07) is 7.03. The molecule has 0 bridgehead atoms. The van der Waals surface area contributed by atoms with Gasteiger partial charge in [-0.2, -0.15) is 5.10 Å². The van der Waals surface area contributed by atoms with Gasteiger partial charge in [-0.3, -0.25) is 4.79 Å². The summed E-state index contributed by atoms with van der Waals surface area (Å²) in [6.45, 7) is 5.35. The van der Waals surface area contributed by atoms with Crippen LogP contribution in [0.3, 0.4) is 0 Å². The maximum absolute atomic E-state index is 11.8. The average Bonchev–Trinajstić information content (AvgIpc) is 2.54. The topological polar surface area (TPSA) is 70.9 Å². The zero-order chi connectivity index (χ0) is 18.6. The molecule has 0 saturated carbocycles. The molecule has 1 amide bonds. The minimum absolute atomic E-state index is 0.115. The molecule has 0 saturated heterocycles. The first kappa shape index (κ1) is 19.3. The highest BCUT2D eigenvalue weighted by Gasteiger charge is 2.07. The number of rotatable bonds is 5. The maximum Gasteiger partial charge on any atom is 0.277 e. The molecule has 2 aromatic carbocycles. The fourth-order valence-corrected chi connectivity index (χ4v) is 2.90. The van der Waals surface area contributed by atoms with E-state index in [4.69, 9.17) is 16.3 Å². The summed E-state index contributed by atoms with van der Waals surface area (Å²) in [7, 11) is 0. The Morgan fingerprint density at radius 2 is 1.88 bits per heavy atom. The summed E-state index contributed by atoms with van der Waals surface area (Å²) in [5.74, 6) is 0.274. The van der Waals surface area contributed by atoms with Crippen molar-refractivity contribution in [1.82, 2.24) is 5.43 Å². The van der Waals surface area contributed by atoms with Crippen LogP contribution >= 0.6 is 27.5 Å². The lowest BCUT2D eigenvalue weighted by Gasteiger charge is -2.09. The van der Waals surface area contributed by atoms with Crippen LogP contribution in [0.4, 0.5) is 0 Å². The van der Waals surface area contributed by atoms with E-state index >= 15 is 0 Å². The number of ether oxygens (including phenoxy) is 1. The minimum atomic E-state index is -0.410. The second kappa shape index (κ2) is 8.36. The highest BCUT2D eigenvalue weighted by atomic mass is 79.9. The van der Waals surface area contributed by atoms with Crippen LogP contribution in [0.2, 0.25) is 5.02 Å². The molecule has 25 heavy (non-hydrogen) atoms. The molecule has 0 fully saturated rings. The highest BCUT2D eigenvalue weighted by molar-refractivity contribution is 9.10. The summed E-state index contributed by atoms with van der Waals surface area (Å²) >= 11 is 9.44. The Morgan fingerprint density at radius 3 is 2.52 bits per heavy atom. The maximum atomic E-state index is 11.8. The predicted octanol–water partition coefficient (Wildman–Crippen LogP) is 4.26. The van der Waals surface area contributed by atoms with E-state index in [-0.39, 0.29) is 12.4 Å². The molecule has 2 rings (SSSR count). The number of amides is 1. The predicted molar refractivity (Wildman–Crippen MR) is 103 cm³/mol. The fourth-order valence-electron chi connectivity index (χ4n) is 2.20. The lowest BCUT2D eigenvalue weighted by atomic mass is 10.1. The second-order valence-corrected chi connectivity index (χ2v) is 6.91. The SMILES string of the molecule is Cc1cc(Br)cc(C=NNC(=O)COc2cc(C)c(Cl)c(C)c2)c1O. The van der Waals surface area contributed by atoms with Crippen LogP contribution in [0.5, 0.6) is 11.5 Å². The Labute approximate surface area is 159 Å². The molecule has 0 unspecified atom stereocenters. The first-order valence-corrected chi connectivity index (χ1v) is 8.65. The normalized spacial score (nSPS) is 10.9. The zero-order valence-corrected chi connectivity index (χ0v) is 16.4. The number of hydrogen-bond donors (Lipinski definition) is 2. The number of phenols is 1. The number of phenolic OH excluding ortho intramolecular Hbond substituents is 1. The number of halogens is 2. The van der Waals surface area contributed by atoms with Crippen LogP contribution in [0.25, 0.3) is 0 Å². The molecule has 132 valence electrons. The molecule has 5 nitrogen and oxygen atoms in total. The quantitative estimate of drug-likeness (QED) is 0.555. The molecule has 0 aromatic heterocycles. The molecular weight excluding hydrogens is 408 g/mol. The Kier molecular flexibility index (Phi) is 6.45. The smallest absolute Gasteiger partial charge is 0.277 e. The lowest BCUT2D eigenvalue weighted by molar-refractivity contribution is -0.123. The number of aryl methyl sites for hydroxylation is 3. The van der Waals surface area contributed by atoms with Crippen LogP contribution in [-0.2, 0) is 4.79 Å². The molecule has 2 aromatic rings. The van der Waals surface area contributed by atoms with E-state index in [9.17, 15) is 9.90 Å². The molecule has 0 aliphatic heterocycles. The summed E-state index contributed by atoms with van der Waals surface area (Å²) < 4.78 is 6.26. The third-order valence-corrected chi connectivity index (χ3v) is 4.52. The van der Waals surface area contributed by atoms with Gasteiger partial charge in [-0.1, -0.05) is 27.5 Å². The van der Waals surface area contributed by atoms with E-state index in [1.165, 1.54) is 6.21 Å².